The summed E-state index contributed by atoms with van der Waals surface area (Å²) in [6.45, 7) is 6.01. The van der Waals surface area contributed by atoms with Crippen LogP contribution in [0.2, 0.25) is 0 Å². The summed E-state index contributed by atoms with van der Waals surface area (Å²) in [4.78, 5) is 23.7. The summed E-state index contributed by atoms with van der Waals surface area (Å²) < 4.78 is 0. The molecule has 0 radical (unpaired) electrons. The zero-order valence-electron chi connectivity index (χ0n) is 13.0. The van der Waals surface area contributed by atoms with Gasteiger partial charge in [-0.2, -0.15) is 0 Å². The first kappa shape index (κ1) is 16.0. The molecule has 0 aliphatic heterocycles. The molecule has 5 unspecified atom stereocenters. The molecule has 2 rings (SSSR count). The van der Waals surface area contributed by atoms with Crippen LogP contribution >= 0.6 is 0 Å². The molecule has 118 valence electrons. The third kappa shape index (κ3) is 3.12. The first-order chi connectivity index (χ1) is 9.73. The van der Waals surface area contributed by atoms with E-state index in [1.165, 1.54) is 0 Å². The van der Waals surface area contributed by atoms with Gasteiger partial charge in [-0.25, -0.2) is 0 Å². The lowest BCUT2D eigenvalue weighted by atomic mass is 9.61. The molecule has 0 bridgehead atoms. The Hall–Kier alpha value is -1.36. The van der Waals surface area contributed by atoms with Crippen molar-refractivity contribution in [1.82, 2.24) is 5.32 Å². The van der Waals surface area contributed by atoms with Gasteiger partial charge in [0.2, 0.25) is 5.91 Å². The fourth-order valence-corrected chi connectivity index (χ4v) is 3.65. The second-order valence-corrected chi connectivity index (χ2v) is 7.08. The summed E-state index contributed by atoms with van der Waals surface area (Å²) >= 11 is 0. The average molecular weight is 294 g/mol. The van der Waals surface area contributed by atoms with E-state index in [1.807, 2.05) is 32.9 Å². The van der Waals surface area contributed by atoms with E-state index in [0.717, 1.165) is 6.42 Å². The maximum atomic E-state index is 12.3. The van der Waals surface area contributed by atoms with Crippen LogP contribution < -0.4 is 11.1 Å². The van der Waals surface area contributed by atoms with Gasteiger partial charge in [0, 0.05) is 12.1 Å². The van der Waals surface area contributed by atoms with E-state index in [2.05, 4.69) is 5.32 Å². The first-order valence-electron chi connectivity index (χ1n) is 7.70. The van der Waals surface area contributed by atoms with Gasteiger partial charge in [-0.15, -0.1) is 0 Å². The van der Waals surface area contributed by atoms with Gasteiger partial charge in [0.1, 0.15) is 0 Å². The number of hydrogen-bond acceptors (Lipinski definition) is 3. The van der Waals surface area contributed by atoms with Crippen molar-refractivity contribution in [2.45, 2.75) is 52.1 Å². The normalized spacial score (nSPS) is 38.2. The van der Waals surface area contributed by atoms with Gasteiger partial charge in [0.25, 0.3) is 0 Å². The van der Waals surface area contributed by atoms with Gasteiger partial charge in [-0.05, 0) is 30.6 Å². The Morgan fingerprint density at radius 3 is 2.48 bits per heavy atom. The molecule has 2 aliphatic carbocycles. The van der Waals surface area contributed by atoms with Crippen LogP contribution in [0.3, 0.4) is 0 Å². The van der Waals surface area contributed by atoms with Crippen LogP contribution in [0.15, 0.2) is 12.2 Å². The summed E-state index contributed by atoms with van der Waals surface area (Å²) in [6, 6.07) is 0.00526. The zero-order valence-corrected chi connectivity index (χ0v) is 13.0. The summed E-state index contributed by atoms with van der Waals surface area (Å²) in [5.74, 6) is -1.09. The molecule has 5 nitrogen and oxygen atoms in total. The maximum absolute atomic E-state index is 12.3. The fourth-order valence-electron chi connectivity index (χ4n) is 3.65. The number of amides is 1. The van der Waals surface area contributed by atoms with Crippen molar-refractivity contribution in [2.75, 3.05) is 0 Å². The quantitative estimate of drug-likeness (QED) is 0.688. The number of carboxylic acids is 1. The van der Waals surface area contributed by atoms with Gasteiger partial charge < -0.3 is 16.2 Å². The summed E-state index contributed by atoms with van der Waals surface area (Å²) in [5.41, 5.74) is 5.46. The molecule has 4 N–H and O–H groups in total. The van der Waals surface area contributed by atoms with Gasteiger partial charge in [-0.3, -0.25) is 9.59 Å². The van der Waals surface area contributed by atoms with Crippen molar-refractivity contribution < 1.29 is 14.7 Å². The number of rotatable bonds is 3. The molecule has 0 spiro atoms. The molecule has 21 heavy (non-hydrogen) atoms. The van der Waals surface area contributed by atoms with E-state index in [0.29, 0.717) is 12.8 Å². The van der Waals surface area contributed by atoms with Crippen LogP contribution in [-0.2, 0) is 9.59 Å². The Morgan fingerprint density at radius 2 is 1.95 bits per heavy atom. The number of hydrogen-bond donors (Lipinski definition) is 3. The van der Waals surface area contributed by atoms with Crippen LogP contribution in [0.5, 0.6) is 0 Å². The van der Waals surface area contributed by atoms with E-state index in [1.54, 1.807) is 0 Å². The number of aliphatic carboxylic acids is 1. The Bertz CT molecular complexity index is 458. The number of carbonyl (C=O) groups is 2. The minimum atomic E-state index is -0.735. The van der Waals surface area contributed by atoms with Crippen molar-refractivity contribution >= 4 is 11.9 Å². The van der Waals surface area contributed by atoms with Gasteiger partial charge in [0.05, 0.1) is 11.8 Å². The lowest BCUT2D eigenvalue weighted by Crippen LogP contribution is -2.53. The van der Waals surface area contributed by atoms with Gasteiger partial charge in [-0.1, -0.05) is 32.9 Å². The Kier molecular flexibility index (Phi) is 4.42. The predicted molar refractivity (Wildman–Crippen MR) is 80.5 cm³/mol. The molecule has 1 saturated carbocycles. The van der Waals surface area contributed by atoms with Crippen molar-refractivity contribution in [3.63, 3.8) is 0 Å². The van der Waals surface area contributed by atoms with Crippen LogP contribution in [0.1, 0.15) is 40.0 Å². The molecule has 0 saturated heterocycles. The Labute approximate surface area is 126 Å². The lowest BCUT2D eigenvalue weighted by Gasteiger charge is -2.46. The van der Waals surface area contributed by atoms with E-state index in [4.69, 9.17) is 5.73 Å². The van der Waals surface area contributed by atoms with E-state index >= 15 is 0 Å². The largest absolute Gasteiger partial charge is 0.481 e. The summed E-state index contributed by atoms with van der Waals surface area (Å²) in [7, 11) is 0. The number of nitrogens with two attached hydrogens (primary N) is 1. The van der Waals surface area contributed by atoms with Crippen molar-refractivity contribution in [3.05, 3.63) is 12.2 Å². The highest BCUT2D eigenvalue weighted by atomic mass is 16.4. The van der Waals surface area contributed by atoms with Crippen molar-refractivity contribution in [3.8, 4) is 0 Å². The second-order valence-electron chi connectivity index (χ2n) is 7.08. The number of carbonyl (C=O) groups excluding carboxylic acids is 1. The van der Waals surface area contributed by atoms with Crippen LogP contribution in [-0.4, -0.2) is 29.1 Å². The van der Waals surface area contributed by atoms with Crippen molar-refractivity contribution in [1.29, 1.82) is 0 Å². The molecule has 0 aromatic heterocycles. The van der Waals surface area contributed by atoms with Gasteiger partial charge >= 0.3 is 5.97 Å². The molecule has 0 aromatic rings. The zero-order chi connectivity index (χ0) is 15.8. The smallest absolute Gasteiger partial charge is 0.307 e. The Balaban J connectivity index is 2.01. The number of nitrogens with one attached hydrogen (secondary N) is 1. The Morgan fingerprint density at radius 1 is 1.29 bits per heavy atom. The molecular weight excluding hydrogens is 268 g/mol. The third-order valence-corrected chi connectivity index (χ3v) is 5.52. The minimum Gasteiger partial charge on any atom is -0.481 e. The predicted octanol–water partition coefficient (Wildman–Crippen LogP) is 1.53. The average Bonchev–Trinajstić information content (AvgIpc) is 2.81. The highest BCUT2D eigenvalue weighted by Gasteiger charge is 2.46. The van der Waals surface area contributed by atoms with Crippen LogP contribution in [0.25, 0.3) is 0 Å². The van der Waals surface area contributed by atoms with Crippen LogP contribution in [0, 0.1) is 23.2 Å². The van der Waals surface area contributed by atoms with Gasteiger partial charge in [0.15, 0.2) is 0 Å². The molecule has 1 amide bonds. The molecule has 5 atom stereocenters. The second kappa shape index (κ2) is 5.79. The summed E-state index contributed by atoms with van der Waals surface area (Å²) in [5, 5.41) is 12.5. The van der Waals surface area contributed by atoms with E-state index in [9.17, 15) is 14.7 Å². The maximum Gasteiger partial charge on any atom is 0.307 e. The standard InChI is InChI=1S/C16H26N2O3/c1-9-13(7-6-12(15(20)21)16(9,2)3)18-14(19)10-4-5-11(17)8-10/h4-5,9-13H,6-8,17H2,1-3H3,(H,18,19)(H,20,21). The fraction of sp³-hybridized carbons (Fsp3) is 0.750. The highest BCUT2D eigenvalue weighted by molar-refractivity contribution is 5.81. The molecule has 0 heterocycles. The topological polar surface area (TPSA) is 92.4 Å². The molecular formula is C16H26N2O3. The SMILES string of the molecule is CC1C(NC(=O)C2C=CC(N)C2)CCC(C(=O)O)C1(C)C. The molecule has 5 heteroatoms. The minimum absolute atomic E-state index is 0.0145. The van der Waals surface area contributed by atoms with Crippen molar-refractivity contribution in [2.24, 2.45) is 28.9 Å². The lowest BCUT2D eigenvalue weighted by molar-refractivity contribution is -0.150. The monoisotopic (exact) mass is 294 g/mol. The third-order valence-electron chi connectivity index (χ3n) is 5.52. The van der Waals surface area contributed by atoms with Crippen LogP contribution in [0.4, 0.5) is 0 Å². The first-order valence-corrected chi connectivity index (χ1v) is 7.70. The number of carboxylic acid groups (broad SMARTS) is 1. The van der Waals surface area contributed by atoms with E-state index in [-0.39, 0.29) is 41.2 Å². The summed E-state index contributed by atoms with van der Waals surface area (Å²) in [6.07, 6.45) is 5.74. The molecule has 2 aliphatic rings. The molecule has 0 aromatic carbocycles. The highest BCUT2D eigenvalue weighted by Crippen LogP contribution is 2.45. The van der Waals surface area contributed by atoms with E-state index < -0.39 is 5.97 Å². The molecule has 1 fully saturated rings.